The second-order valence-electron chi connectivity index (χ2n) is 11.4. The average molecular weight is 743 g/mol. The number of carbonyl (C=O) groups is 2. The first kappa shape index (κ1) is 38.1. The van der Waals surface area contributed by atoms with Gasteiger partial charge in [0.25, 0.3) is 10.0 Å². The highest BCUT2D eigenvalue weighted by Gasteiger charge is 2.36. The van der Waals surface area contributed by atoms with E-state index in [1.165, 1.54) is 28.8 Å². The molecule has 4 rings (SSSR count). The molecule has 0 aliphatic rings. The standard InChI is InChI=1S/C37H41Cl2N3O5S2/c1-5-26(3)40-37(44)34(23-27-12-8-7-9-13-27)41(24-28-16-21-31(38)32(39)22-28)36(43)25-42(33-14-10-11-15-35(33)47-6-2)49(45,46)30-19-17-29(48-4)18-20-30/h7-22,26,34H,5-6,23-25H2,1-4H3,(H,40,44)/t26-,34-/m0/s1. The van der Waals surface area contributed by atoms with Gasteiger partial charge in [0.2, 0.25) is 11.8 Å². The Morgan fingerprint density at radius 1 is 0.878 bits per heavy atom. The highest BCUT2D eigenvalue weighted by atomic mass is 35.5. The molecule has 2 atom stereocenters. The van der Waals surface area contributed by atoms with Crippen molar-refractivity contribution in [2.75, 3.05) is 23.7 Å². The highest BCUT2D eigenvalue weighted by molar-refractivity contribution is 7.98. The Labute approximate surface area is 303 Å². The van der Waals surface area contributed by atoms with E-state index in [0.717, 1.165) is 14.8 Å². The molecule has 0 heterocycles. The lowest BCUT2D eigenvalue weighted by molar-refractivity contribution is -0.140. The topological polar surface area (TPSA) is 96.0 Å². The van der Waals surface area contributed by atoms with Gasteiger partial charge in [-0.05, 0) is 86.2 Å². The number of hydrogen-bond donors (Lipinski definition) is 1. The van der Waals surface area contributed by atoms with Crippen LogP contribution in [0.5, 0.6) is 5.75 Å². The van der Waals surface area contributed by atoms with Crippen molar-refractivity contribution in [1.29, 1.82) is 0 Å². The van der Waals surface area contributed by atoms with E-state index in [0.29, 0.717) is 27.8 Å². The minimum absolute atomic E-state index is 0.00998. The van der Waals surface area contributed by atoms with Gasteiger partial charge in [0, 0.05) is 23.9 Å². The van der Waals surface area contributed by atoms with Gasteiger partial charge in [0.15, 0.2) is 0 Å². The summed E-state index contributed by atoms with van der Waals surface area (Å²) in [6.45, 7) is 5.28. The van der Waals surface area contributed by atoms with Crippen LogP contribution in [0.4, 0.5) is 5.69 Å². The van der Waals surface area contributed by atoms with Gasteiger partial charge in [-0.15, -0.1) is 11.8 Å². The SMILES string of the molecule is CCOc1ccccc1N(CC(=O)N(Cc1ccc(Cl)c(Cl)c1)[C@@H](Cc1ccccc1)C(=O)N[C@@H](C)CC)S(=O)(=O)c1ccc(SC)cc1. The van der Waals surface area contributed by atoms with Crippen LogP contribution in [0.2, 0.25) is 10.0 Å². The quantitative estimate of drug-likeness (QED) is 0.118. The number of halogens is 2. The van der Waals surface area contributed by atoms with Crippen LogP contribution in [-0.4, -0.2) is 56.6 Å². The molecule has 49 heavy (non-hydrogen) atoms. The number of sulfonamides is 1. The first-order valence-electron chi connectivity index (χ1n) is 15.9. The molecule has 8 nitrogen and oxygen atoms in total. The van der Waals surface area contributed by atoms with E-state index in [1.807, 2.05) is 50.4 Å². The summed E-state index contributed by atoms with van der Waals surface area (Å²) in [5.74, 6) is -0.654. The van der Waals surface area contributed by atoms with Crippen molar-refractivity contribution in [1.82, 2.24) is 10.2 Å². The summed E-state index contributed by atoms with van der Waals surface area (Å²) in [6, 6.07) is 26.4. The van der Waals surface area contributed by atoms with E-state index in [2.05, 4.69) is 5.32 Å². The van der Waals surface area contributed by atoms with Crippen molar-refractivity contribution in [2.45, 2.75) is 62.0 Å². The van der Waals surface area contributed by atoms with Crippen LogP contribution in [0.25, 0.3) is 0 Å². The molecule has 0 bridgehead atoms. The molecule has 1 N–H and O–H groups in total. The van der Waals surface area contributed by atoms with E-state index in [4.69, 9.17) is 27.9 Å². The maximum Gasteiger partial charge on any atom is 0.264 e. The van der Waals surface area contributed by atoms with Gasteiger partial charge in [-0.3, -0.25) is 13.9 Å². The smallest absolute Gasteiger partial charge is 0.264 e. The summed E-state index contributed by atoms with van der Waals surface area (Å²) in [6.07, 6.45) is 2.77. The molecule has 12 heteroatoms. The van der Waals surface area contributed by atoms with Crippen LogP contribution in [0.1, 0.15) is 38.3 Å². The van der Waals surface area contributed by atoms with E-state index in [1.54, 1.807) is 61.5 Å². The first-order valence-corrected chi connectivity index (χ1v) is 19.4. The molecule has 4 aromatic rings. The van der Waals surface area contributed by atoms with Crippen molar-refractivity contribution in [3.63, 3.8) is 0 Å². The largest absolute Gasteiger partial charge is 0.492 e. The molecular weight excluding hydrogens is 701 g/mol. The van der Waals surface area contributed by atoms with E-state index in [9.17, 15) is 18.0 Å². The molecule has 0 aromatic heterocycles. The zero-order valence-electron chi connectivity index (χ0n) is 27.9. The van der Waals surface area contributed by atoms with Crippen LogP contribution in [0.3, 0.4) is 0 Å². The van der Waals surface area contributed by atoms with Crippen molar-refractivity contribution in [2.24, 2.45) is 0 Å². The third kappa shape index (κ3) is 9.94. The Kier molecular flexibility index (Phi) is 13.8. The van der Waals surface area contributed by atoms with E-state index < -0.39 is 28.5 Å². The molecule has 0 saturated carbocycles. The summed E-state index contributed by atoms with van der Waals surface area (Å²) >= 11 is 14.1. The van der Waals surface area contributed by atoms with Gasteiger partial charge in [0.1, 0.15) is 18.3 Å². The fraction of sp³-hybridized carbons (Fsp3) is 0.297. The minimum Gasteiger partial charge on any atom is -0.492 e. The van der Waals surface area contributed by atoms with Crippen LogP contribution in [0, 0.1) is 0 Å². The molecule has 0 aliphatic carbocycles. The van der Waals surface area contributed by atoms with Crippen LogP contribution >= 0.6 is 35.0 Å². The Balaban J connectivity index is 1.86. The van der Waals surface area contributed by atoms with E-state index >= 15 is 0 Å². The average Bonchev–Trinajstić information content (AvgIpc) is 3.10. The van der Waals surface area contributed by atoms with Crippen LogP contribution < -0.4 is 14.4 Å². The Morgan fingerprint density at radius 3 is 2.18 bits per heavy atom. The Hall–Kier alpha value is -3.70. The minimum atomic E-state index is -4.30. The Bertz CT molecular complexity index is 1830. The van der Waals surface area contributed by atoms with Gasteiger partial charge in [-0.2, -0.15) is 0 Å². The molecule has 4 aromatic carbocycles. The summed E-state index contributed by atoms with van der Waals surface area (Å²) in [7, 11) is -4.30. The molecular formula is C37H41Cl2N3O5S2. The summed E-state index contributed by atoms with van der Waals surface area (Å²) in [4.78, 5) is 31.1. The monoisotopic (exact) mass is 741 g/mol. The van der Waals surface area contributed by atoms with Gasteiger partial charge in [-0.1, -0.05) is 78.7 Å². The third-order valence-corrected chi connectivity index (χ3v) is 11.2. The Morgan fingerprint density at radius 2 is 1.55 bits per heavy atom. The second-order valence-corrected chi connectivity index (χ2v) is 14.9. The number of nitrogens with one attached hydrogen (secondary N) is 1. The number of rotatable bonds is 16. The van der Waals surface area contributed by atoms with Crippen LogP contribution in [-0.2, 0) is 32.6 Å². The lowest BCUT2D eigenvalue weighted by Gasteiger charge is -2.34. The number of carbonyl (C=O) groups excluding carboxylic acids is 2. The zero-order valence-corrected chi connectivity index (χ0v) is 31.1. The third-order valence-electron chi connectivity index (χ3n) is 7.97. The molecule has 2 amide bonds. The lowest BCUT2D eigenvalue weighted by Crippen LogP contribution is -2.54. The molecule has 0 fully saturated rings. The molecule has 0 saturated heterocycles. The first-order chi connectivity index (χ1) is 23.5. The zero-order chi connectivity index (χ0) is 35.6. The summed E-state index contributed by atoms with van der Waals surface area (Å²) < 4.78 is 35.8. The molecule has 0 spiro atoms. The second kappa shape index (κ2) is 17.8. The number of benzene rings is 4. The lowest BCUT2D eigenvalue weighted by atomic mass is 10.0. The highest BCUT2D eigenvalue weighted by Crippen LogP contribution is 2.34. The van der Waals surface area contributed by atoms with Crippen LogP contribution in [0.15, 0.2) is 107 Å². The number of hydrogen-bond acceptors (Lipinski definition) is 6. The number of nitrogens with zero attached hydrogens (tertiary/aromatic N) is 2. The number of para-hydroxylation sites is 2. The molecule has 260 valence electrons. The fourth-order valence-corrected chi connectivity index (χ4v) is 7.31. The maximum atomic E-state index is 14.8. The van der Waals surface area contributed by atoms with E-state index in [-0.39, 0.29) is 42.1 Å². The van der Waals surface area contributed by atoms with Gasteiger partial charge in [-0.25, -0.2) is 8.42 Å². The van der Waals surface area contributed by atoms with Crippen molar-refractivity contribution in [3.05, 3.63) is 118 Å². The van der Waals surface area contributed by atoms with Gasteiger partial charge >= 0.3 is 0 Å². The van der Waals surface area contributed by atoms with Gasteiger partial charge in [0.05, 0.1) is 27.2 Å². The maximum absolute atomic E-state index is 14.8. The van der Waals surface area contributed by atoms with Crippen molar-refractivity contribution < 1.29 is 22.7 Å². The fourth-order valence-electron chi connectivity index (χ4n) is 5.16. The predicted octanol–water partition coefficient (Wildman–Crippen LogP) is 7.86. The molecule has 0 aliphatic heterocycles. The summed E-state index contributed by atoms with van der Waals surface area (Å²) in [5.41, 5.74) is 1.65. The predicted molar refractivity (Wildman–Crippen MR) is 199 cm³/mol. The van der Waals surface area contributed by atoms with Crippen molar-refractivity contribution >= 4 is 62.5 Å². The summed E-state index contributed by atoms with van der Waals surface area (Å²) in [5, 5.41) is 3.67. The number of amides is 2. The number of anilines is 1. The van der Waals surface area contributed by atoms with Crippen molar-refractivity contribution in [3.8, 4) is 5.75 Å². The molecule has 0 unspecified atom stereocenters. The normalized spacial score (nSPS) is 12.5. The molecule has 0 radical (unpaired) electrons. The number of thioether (sulfide) groups is 1. The number of ether oxygens (including phenoxy) is 1. The van der Waals surface area contributed by atoms with Gasteiger partial charge < -0.3 is 15.0 Å².